The highest BCUT2D eigenvalue weighted by atomic mass is 32.2. The van der Waals surface area contributed by atoms with E-state index in [0.717, 1.165) is 19.4 Å². The molecular formula is C11H23NOS. The second-order valence-corrected chi connectivity index (χ2v) is 5.26. The zero-order valence-electron chi connectivity index (χ0n) is 9.22. The van der Waals surface area contributed by atoms with Crippen molar-refractivity contribution in [1.82, 2.24) is 5.32 Å². The van der Waals surface area contributed by atoms with E-state index in [2.05, 4.69) is 11.6 Å². The summed E-state index contributed by atoms with van der Waals surface area (Å²) in [6.45, 7) is 1.37. The van der Waals surface area contributed by atoms with Gasteiger partial charge in [0.1, 0.15) is 0 Å². The summed E-state index contributed by atoms with van der Waals surface area (Å²) in [5.74, 6) is 1.22. The van der Waals surface area contributed by atoms with Gasteiger partial charge in [-0.15, -0.1) is 0 Å². The van der Waals surface area contributed by atoms with Gasteiger partial charge in [-0.3, -0.25) is 0 Å². The van der Waals surface area contributed by atoms with Crippen LogP contribution in [0.3, 0.4) is 0 Å². The van der Waals surface area contributed by atoms with Crippen LogP contribution in [0.1, 0.15) is 38.5 Å². The van der Waals surface area contributed by atoms with Crippen molar-refractivity contribution in [3.63, 3.8) is 0 Å². The molecule has 0 bridgehead atoms. The quantitative estimate of drug-likeness (QED) is 0.668. The van der Waals surface area contributed by atoms with Crippen LogP contribution in [0.15, 0.2) is 0 Å². The van der Waals surface area contributed by atoms with Crippen LogP contribution in [0.4, 0.5) is 0 Å². The van der Waals surface area contributed by atoms with Crippen LogP contribution in [0, 0.1) is 0 Å². The standard InChI is InChI=1S/C11H23NOS/c1-14-9-5-8-12-11(10-13)6-3-2-4-7-11/h12-13H,2-10H2,1H3. The van der Waals surface area contributed by atoms with E-state index in [9.17, 15) is 5.11 Å². The summed E-state index contributed by atoms with van der Waals surface area (Å²) in [5, 5.41) is 13.0. The van der Waals surface area contributed by atoms with Crippen LogP contribution in [0.5, 0.6) is 0 Å². The monoisotopic (exact) mass is 217 g/mol. The van der Waals surface area contributed by atoms with Crippen molar-refractivity contribution in [3.8, 4) is 0 Å². The normalized spacial score (nSPS) is 21.0. The largest absolute Gasteiger partial charge is 0.394 e. The maximum Gasteiger partial charge on any atom is 0.0613 e. The summed E-state index contributed by atoms with van der Waals surface area (Å²) in [5.41, 5.74) is 0.0661. The first-order valence-electron chi connectivity index (χ1n) is 5.68. The number of aliphatic hydroxyl groups is 1. The molecule has 0 atom stereocenters. The van der Waals surface area contributed by atoms with E-state index < -0.39 is 0 Å². The molecule has 0 unspecified atom stereocenters. The van der Waals surface area contributed by atoms with Crippen molar-refractivity contribution >= 4 is 11.8 Å². The number of nitrogens with one attached hydrogen (secondary N) is 1. The summed E-state index contributed by atoms with van der Waals surface area (Å²) >= 11 is 1.89. The predicted molar refractivity (Wildman–Crippen MR) is 63.9 cm³/mol. The second kappa shape index (κ2) is 6.70. The van der Waals surface area contributed by atoms with E-state index >= 15 is 0 Å². The highest BCUT2D eigenvalue weighted by molar-refractivity contribution is 7.98. The van der Waals surface area contributed by atoms with Gasteiger partial charge in [-0.05, 0) is 37.8 Å². The predicted octanol–water partition coefficient (Wildman–Crippen LogP) is 2.02. The Labute approximate surface area is 91.9 Å². The molecule has 3 heteroatoms. The summed E-state index contributed by atoms with van der Waals surface area (Å²) in [7, 11) is 0. The zero-order valence-corrected chi connectivity index (χ0v) is 10.0. The lowest BCUT2D eigenvalue weighted by Gasteiger charge is -2.36. The van der Waals surface area contributed by atoms with Crippen molar-refractivity contribution in [3.05, 3.63) is 0 Å². The van der Waals surface area contributed by atoms with Crippen LogP contribution in [-0.2, 0) is 0 Å². The van der Waals surface area contributed by atoms with Gasteiger partial charge in [0.05, 0.1) is 6.61 Å². The average molecular weight is 217 g/mol. The van der Waals surface area contributed by atoms with E-state index in [0.29, 0.717) is 6.61 Å². The van der Waals surface area contributed by atoms with Crippen molar-refractivity contribution in [2.75, 3.05) is 25.2 Å². The fourth-order valence-corrected chi connectivity index (χ4v) is 2.62. The third-order valence-corrected chi connectivity index (χ3v) is 3.84. The first-order valence-corrected chi connectivity index (χ1v) is 7.07. The molecule has 0 aromatic carbocycles. The lowest BCUT2D eigenvalue weighted by atomic mass is 9.82. The molecule has 0 heterocycles. The molecule has 0 saturated heterocycles. The maximum atomic E-state index is 9.43. The molecular weight excluding hydrogens is 194 g/mol. The topological polar surface area (TPSA) is 32.3 Å². The lowest BCUT2D eigenvalue weighted by molar-refractivity contribution is 0.121. The Kier molecular flexibility index (Phi) is 5.90. The van der Waals surface area contributed by atoms with Gasteiger partial charge >= 0.3 is 0 Å². The van der Waals surface area contributed by atoms with Crippen LogP contribution in [0.2, 0.25) is 0 Å². The highest BCUT2D eigenvalue weighted by Gasteiger charge is 2.30. The Morgan fingerprint density at radius 2 is 2.00 bits per heavy atom. The van der Waals surface area contributed by atoms with Gasteiger partial charge in [0, 0.05) is 5.54 Å². The first-order chi connectivity index (χ1) is 6.83. The Hall–Kier alpha value is 0.270. The fraction of sp³-hybridized carbons (Fsp3) is 1.00. The first kappa shape index (κ1) is 12.3. The van der Waals surface area contributed by atoms with E-state index in [1.54, 1.807) is 0 Å². The van der Waals surface area contributed by atoms with Gasteiger partial charge in [-0.2, -0.15) is 11.8 Å². The maximum absolute atomic E-state index is 9.43. The van der Waals surface area contributed by atoms with Gasteiger partial charge in [0.15, 0.2) is 0 Å². The number of hydrogen-bond acceptors (Lipinski definition) is 3. The van der Waals surface area contributed by atoms with Gasteiger partial charge < -0.3 is 10.4 Å². The number of rotatable bonds is 6. The molecule has 84 valence electrons. The molecule has 0 aromatic heterocycles. The molecule has 0 aromatic rings. The second-order valence-electron chi connectivity index (χ2n) is 4.27. The molecule has 2 nitrogen and oxygen atoms in total. The van der Waals surface area contributed by atoms with E-state index in [-0.39, 0.29) is 5.54 Å². The molecule has 14 heavy (non-hydrogen) atoms. The highest BCUT2D eigenvalue weighted by Crippen LogP contribution is 2.27. The molecule has 1 fully saturated rings. The van der Waals surface area contributed by atoms with E-state index in [1.165, 1.54) is 31.4 Å². The Bertz CT molecular complexity index is 146. The minimum absolute atomic E-state index is 0.0661. The molecule has 1 aliphatic rings. The minimum atomic E-state index is 0.0661. The molecule has 0 amide bonds. The smallest absolute Gasteiger partial charge is 0.0613 e. The SMILES string of the molecule is CSCCCNC1(CO)CCCCC1. The third-order valence-electron chi connectivity index (χ3n) is 3.14. The third kappa shape index (κ3) is 3.79. The Morgan fingerprint density at radius 3 is 2.57 bits per heavy atom. The van der Waals surface area contributed by atoms with Gasteiger partial charge in [-0.25, -0.2) is 0 Å². The zero-order chi connectivity index (χ0) is 10.3. The summed E-state index contributed by atoms with van der Waals surface area (Å²) in [4.78, 5) is 0. The lowest BCUT2D eigenvalue weighted by Crippen LogP contribution is -2.50. The van der Waals surface area contributed by atoms with Gasteiger partial charge in [0.25, 0.3) is 0 Å². The van der Waals surface area contributed by atoms with E-state index in [1.807, 2.05) is 11.8 Å². The summed E-state index contributed by atoms with van der Waals surface area (Å²) < 4.78 is 0. The van der Waals surface area contributed by atoms with Crippen molar-refractivity contribution in [2.24, 2.45) is 0 Å². The molecule has 2 N–H and O–H groups in total. The van der Waals surface area contributed by atoms with Crippen molar-refractivity contribution in [1.29, 1.82) is 0 Å². The molecule has 1 aliphatic carbocycles. The Morgan fingerprint density at radius 1 is 1.29 bits per heavy atom. The molecule has 1 rings (SSSR count). The van der Waals surface area contributed by atoms with Crippen molar-refractivity contribution in [2.45, 2.75) is 44.1 Å². The van der Waals surface area contributed by atoms with Gasteiger partial charge in [0.2, 0.25) is 0 Å². The average Bonchev–Trinajstić information content (AvgIpc) is 2.26. The molecule has 0 aliphatic heterocycles. The Balaban J connectivity index is 2.22. The molecule has 0 radical (unpaired) electrons. The summed E-state index contributed by atoms with van der Waals surface area (Å²) in [6, 6.07) is 0. The van der Waals surface area contributed by atoms with Crippen LogP contribution in [0.25, 0.3) is 0 Å². The number of aliphatic hydroxyl groups excluding tert-OH is 1. The van der Waals surface area contributed by atoms with Crippen LogP contribution >= 0.6 is 11.8 Å². The summed E-state index contributed by atoms with van der Waals surface area (Å²) in [6.07, 6.45) is 9.55. The van der Waals surface area contributed by atoms with Crippen LogP contribution < -0.4 is 5.32 Å². The van der Waals surface area contributed by atoms with Gasteiger partial charge in [-0.1, -0.05) is 19.3 Å². The number of thioether (sulfide) groups is 1. The molecule has 0 spiro atoms. The minimum Gasteiger partial charge on any atom is -0.394 e. The van der Waals surface area contributed by atoms with E-state index in [4.69, 9.17) is 0 Å². The van der Waals surface area contributed by atoms with Crippen LogP contribution in [-0.4, -0.2) is 35.8 Å². The fourth-order valence-electron chi connectivity index (χ4n) is 2.19. The number of hydrogen-bond donors (Lipinski definition) is 2. The van der Waals surface area contributed by atoms with Crippen molar-refractivity contribution < 1.29 is 5.11 Å². The molecule has 1 saturated carbocycles.